The molecule has 0 radical (unpaired) electrons. The molecule has 0 saturated carbocycles. The fraction of sp³-hybridized carbons (Fsp3) is 1.00. The molecular weight excluding hydrogens is 220 g/mol. The summed E-state index contributed by atoms with van der Waals surface area (Å²) in [7, 11) is 0. The van der Waals surface area contributed by atoms with Crippen molar-refractivity contribution in [3.8, 4) is 0 Å². The second-order valence-electron chi connectivity index (χ2n) is 3.88. The van der Waals surface area contributed by atoms with Crippen LogP contribution in [0.2, 0.25) is 0 Å². The summed E-state index contributed by atoms with van der Waals surface area (Å²) in [5.41, 5.74) is -0.611. The van der Waals surface area contributed by atoms with Crippen LogP contribution in [0.5, 0.6) is 0 Å². The van der Waals surface area contributed by atoms with Crippen molar-refractivity contribution in [1.82, 2.24) is 0 Å². The first-order valence-electron chi connectivity index (χ1n) is 4.93. The van der Waals surface area contributed by atoms with Crippen LogP contribution in [-0.4, -0.2) is 62.1 Å². The van der Waals surface area contributed by atoms with Crippen LogP contribution in [-0.2, 0) is 4.74 Å². The van der Waals surface area contributed by atoms with Crippen molar-refractivity contribution in [2.24, 2.45) is 0 Å². The lowest BCUT2D eigenvalue weighted by molar-refractivity contribution is -0.205. The topological polar surface area (TPSA) is 90.2 Å². The maximum atomic E-state index is 9.63. The second kappa shape index (κ2) is 5.47. The molecule has 0 amide bonds. The highest BCUT2D eigenvalue weighted by Gasteiger charge is 2.43. The average molecular weight is 238 g/mol. The minimum absolute atomic E-state index is 0.228. The van der Waals surface area contributed by atoms with Gasteiger partial charge in [-0.3, -0.25) is 0 Å². The van der Waals surface area contributed by atoms with E-state index in [1.165, 1.54) is 11.8 Å². The monoisotopic (exact) mass is 238 g/mol. The van der Waals surface area contributed by atoms with Crippen LogP contribution in [0.4, 0.5) is 0 Å². The minimum atomic E-state index is -1.27. The Morgan fingerprint density at radius 1 is 1.13 bits per heavy atom. The van der Waals surface area contributed by atoms with Crippen LogP contribution < -0.4 is 0 Å². The summed E-state index contributed by atoms with van der Waals surface area (Å²) in [4.78, 5) is 0. The molecule has 0 aromatic carbocycles. The molecule has 5 atom stereocenters. The van der Waals surface area contributed by atoms with Crippen LogP contribution in [0.1, 0.15) is 13.8 Å². The van der Waals surface area contributed by atoms with Crippen LogP contribution in [0.25, 0.3) is 0 Å². The molecule has 0 aromatic heterocycles. The van der Waals surface area contributed by atoms with Crippen molar-refractivity contribution in [2.75, 3.05) is 6.61 Å². The van der Waals surface area contributed by atoms with E-state index in [2.05, 4.69) is 0 Å². The zero-order chi connectivity index (χ0) is 11.6. The standard InChI is InChI=1S/C9H18O5S/c1-4(2)15-9-8(13)7(12)6(11)5(3-10)14-9/h4-13H,3H2,1-2H3/t5?,6-,7-,8-,9+/m1/s1. The van der Waals surface area contributed by atoms with Gasteiger partial charge in [-0.25, -0.2) is 0 Å². The number of aliphatic hydroxyl groups excluding tert-OH is 4. The van der Waals surface area contributed by atoms with Gasteiger partial charge in [0.15, 0.2) is 0 Å². The quantitative estimate of drug-likeness (QED) is 0.500. The van der Waals surface area contributed by atoms with Crippen molar-refractivity contribution in [2.45, 2.75) is 48.9 Å². The molecule has 0 spiro atoms. The largest absolute Gasteiger partial charge is 0.394 e. The summed E-state index contributed by atoms with van der Waals surface area (Å²) in [5, 5.41) is 37.8. The van der Waals surface area contributed by atoms with E-state index >= 15 is 0 Å². The zero-order valence-corrected chi connectivity index (χ0v) is 9.59. The normalized spacial score (nSPS) is 42.2. The zero-order valence-electron chi connectivity index (χ0n) is 8.78. The summed E-state index contributed by atoms with van der Waals surface area (Å²) in [6.45, 7) is 3.50. The van der Waals surface area contributed by atoms with Gasteiger partial charge in [-0.2, -0.15) is 0 Å². The first kappa shape index (κ1) is 13.2. The van der Waals surface area contributed by atoms with Crippen molar-refractivity contribution in [1.29, 1.82) is 0 Å². The summed E-state index contributed by atoms with van der Waals surface area (Å²) in [6, 6.07) is 0. The van der Waals surface area contributed by atoms with Crippen LogP contribution in [0.3, 0.4) is 0 Å². The highest BCUT2D eigenvalue weighted by molar-refractivity contribution is 8.00. The van der Waals surface area contributed by atoms with E-state index < -0.39 is 29.9 Å². The third kappa shape index (κ3) is 3.05. The lowest BCUT2D eigenvalue weighted by Gasteiger charge is -2.40. The fourth-order valence-electron chi connectivity index (χ4n) is 1.45. The molecule has 1 fully saturated rings. The van der Waals surface area contributed by atoms with E-state index in [1.807, 2.05) is 13.8 Å². The molecule has 4 N–H and O–H groups in total. The molecule has 1 rings (SSSR count). The average Bonchev–Trinajstić information content (AvgIpc) is 2.18. The molecular formula is C9H18O5S. The van der Waals surface area contributed by atoms with Crippen LogP contribution >= 0.6 is 11.8 Å². The van der Waals surface area contributed by atoms with Gasteiger partial charge in [-0.05, 0) is 0 Å². The highest BCUT2D eigenvalue weighted by Crippen LogP contribution is 2.30. The number of rotatable bonds is 3. The number of thioether (sulfide) groups is 1. The fourth-order valence-corrected chi connectivity index (χ4v) is 2.51. The van der Waals surface area contributed by atoms with E-state index in [-0.39, 0.29) is 11.9 Å². The minimum Gasteiger partial charge on any atom is -0.394 e. The lowest BCUT2D eigenvalue weighted by Crippen LogP contribution is -2.57. The second-order valence-corrected chi connectivity index (χ2v) is 5.56. The lowest BCUT2D eigenvalue weighted by atomic mass is 10.0. The smallest absolute Gasteiger partial charge is 0.132 e. The third-order valence-electron chi connectivity index (χ3n) is 2.25. The molecule has 0 aliphatic carbocycles. The summed E-state index contributed by atoms with van der Waals surface area (Å²) in [6.07, 6.45) is -4.48. The van der Waals surface area contributed by atoms with Crippen molar-refractivity contribution >= 4 is 11.8 Å². The third-order valence-corrected chi connectivity index (χ3v) is 3.46. The molecule has 0 aromatic rings. The van der Waals surface area contributed by atoms with Crippen molar-refractivity contribution in [3.63, 3.8) is 0 Å². The van der Waals surface area contributed by atoms with Gasteiger partial charge >= 0.3 is 0 Å². The van der Waals surface area contributed by atoms with Crippen molar-refractivity contribution in [3.05, 3.63) is 0 Å². The molecule has 1 saturated heterocycles. The maximum Gasteiger partial charge on any atom is 0.132 e. The first-order chi connectivity index (χ1) is 6.97. The molecule has 1 unspecified atom stereocenters. The maximum absolute atomic E-state index is 9.63. The summed E-state index contributed by atoms with van der Waals surface area (Å²) < 4.78 is 5.29. The first-order valence-corrected chi connectivity index (χ1v) is 5.87. The van der Waals surface area contributed by atoms with Gasteiger partial charge in [0.05, 0.1) is 6.61 Å². The van der Waals surface area contributed by atoms with Crippen molar-refractivity contribution < 1.29 is 25.2 Å². The Morgan fingerprint density at radius 3 is 2.20 bits per heavy atom. The van der Waals surface area contributed by atoms with Gasteiger partial charge in [0, 0.05) is 5.25 Å². The van der Waals surface area contributed by atoms with Crippen LogP contribution in [0.15, 0.2) is 0 Å². The van der Waals surface area contributed by atoms with Gasteiger partial charge in [0.25, 0.3) is 0 Å². The predicted octanol–water partition coefficient (Wildman–Crippen LogP) is -1.07. The summed E-state index contributed by atoms with van der Waals surface area (Å²) >= 11 is 1.35. The Kier molecular flexibility index (Phi) is 4.82. The Hall–Kier alpha value is 0.150. The molecule has 0 bridgehead atoms. The van der Waals surface area contributed by atoms with E-state index in [0.29, 0.717) is 0 Å². The Bertz CT molecular complexity index is 199. The van der Waals surface area contributed by atoms with E-state index in [0.717, 1.165) is 0 Å². The van der Waals surface area contributed by atoms with Gasteiger partial charge in [0.1, 0.15) is 29.9 Å². The summed E-state index contributed by atoms with van der Waals surface area (Å²) in [5.74, 6) is 0. The van der Waals surface area contributed by atoms with E-state index in [9.17, 15) is 15.3 Å². The van der Waals surface area contributed by atoms with E-state index in [4.69, 9.17) is 9.84 Å². The molecule has 1 aliphatic rings. The molecule has 1 aliphatic heterocycles. The number of aliphatic hydroxyl groups is 4. The van der Waals surface area contributed by atoms with Gasteiger partial charge in [-0.1, -0.05) is 13.8 Å². The molecule has 15 heavy (non-hydrogen) atoms. The molecule has 6 heteroatoms. The van der Waals surface area contributed by atoms with Crippen LogP contribution in [0, 0.1) is 0 Å². The number of hydrogen-bond acceptors (Lipinski definition) is 6. The number of hydrogen-bond donors (Lipinski definition) is 4. The van der Waals surface area contributed by atoms with Gasteiger partial charge in [-0.15, -0.1) is 11.8 Å². The molecule has 90 valence electrons. The van der Waals surface area contributed by atoms with Gasteiger partial charge in [0.2, 0.25) is 0 Å². The van der Waals surface area contributed by atoms with Gasteiger partial charge < -0.3 is 25.2 Å². The Labute approximate surface area is 93.1 Å². The predicted molar refractivity (Wildman–Crippen MR) is 56.5 cm³/mol. The molecule has 1 heterocycles. The Morgan fingerprint density at radius 2 is 1.73 bits per heavy atom. The number of ether oxygens (including phenoxy) is 1. The molecule has 5 nitrogen and oxygen atoms in total. The Balaban J connectivity index is 2.65. The SMILES string of the molecule is CC(C)S[C@@H]1OC(CO)[C@@H](O)[C@@H](O)[C@H]1O. The highest BCUT2D eigenvalue weighted by atomic mass is 32.2. The van der Waals surface area contributed by atoms with E-state index in [1.54, 1.807) is 0 Å².